The molecule has 1 heterocycles. The zero-order valence-corrected chi connectivity index (χ0v) is 12.1. The van der Waals surface area contributed by atoms with Gasteiger partial charge in [0.2, 0.25) is 0 Å². The van der Waals surface area contributed by atoms with Gasteiger partial charge < -0.3 is 10.3 Å². The van der Waals surface area contributed by atoms with Gasteiger partial charge in [0.15, 0.2) is 0 Å². The van der Waals surface area contributed by atoms with Crippen molar-refractivity contribution in [2.45, 2.75) is 39.3 Å². The van der Waals surface area contributed by atoms with E-state index in [0.29, 0.717) is 5.56 Å². The number of aryl methyl sites for hydroxylation is 1. The summed E-state index contributed by atoms with van der Waals surface area (Å²) in [5.74, 6) is 0. The summed E-state index contributed by atoms with van der Waals surface area (Å²) in [5, 5.41) is 8.91. The number of nitriles is 1. The minimum atomic E-state index is 0.214. The van der Waals surface area contributed by atoms with Gasteiger partial charge in [-0.1, -0.05) is 13.0 Å². The zero-order valence-electron chi connectivity index (χ0n) is 12.1. The number of rotatable bonds is 5. The first kappa shape index (κ1) is 14.4. The van der Waals surface area contributed by atoms with Crippen LogP contribution >= 0.6 is 0 Å². The molecule has 0 saturated carbocycles. The van der Waals surface area contributed by atoms with Gasteiger partial charge in [-0.25, -0.2) is 0 Å². The molecule has 3 heteroatoms. The summed E-state index contributed by atoms with van der Waals surface area (Å²) < 4.78 is 2.24. The SMILES string of the molecule is CCC(N)Cc1cccn1Cc1ccc(C#N)cc1C. The van der Waals surface area contributed by atoms with Crippen LogP contribution in [0.15, 0.2) is 36.5 Å². The van der Waals surface area contributed by atoms with Crippen molar-refractivity contribution < 1.29 is 0 Å². The van der Waals surface area contributed by atoms with Crippen LogP contribution in [-0.4, -0.2) is 10.6 Å². The molecule has 0 bridgehead atoms. The molecule has 0 radical (unpaired) electrons. The average Bonchev–Trinajstić information content (AvgIpc) is 2.88. The van der Waals surface area contributed by atoms with Crippen molar-refractivity contribution in [2.75, 3.05) is 0 Å². The van der Waals surface area contributed by atoms with E-state index in [2.05, 4.69) is 42.8 Å². The van der Waals surface area contributed by atoms with Gasteiger partial charge in [0.05, 0.1) is 11.6 Å². The monoisotopic (exact) mass is 267 g/mol. The topological polar surface area (TPSA) is 54.7 Å². The predicted molar refractivity (Wildman–Crippen MR) is 81.4 cm³/mol. The summed E-state index contributed by atoms with van der Waals surface area (Å²) in [5.41, 5.74) is 10.4. The van der Waals surface area contributed by atoms with E-state index in [1.807, 2.05) is 18.2 Å². The van der Waals surface area contributed by atoms with Gasteiger partial charge in [-0.05, 0) is 48.7 Å². The molecule has 1 unspecified atom stereocenters. The van der Waals surface area contributed by atoms with Crippen molar-refractivity contribution in [3.8, 4) is 6.07 Å². The van der Waals surface area contributed by atoms with Crippen LogP contribution in [-0.2, 0) is 13.0 Å². The molecule has 0 amide bonds. The Labute approximate surface area is 120 Å². The maximum absolute atomic E-state index is 8.91. The van der Waals surface area contributed by atoms with Gasteiger partial charge in [0.1, 0.15) is 0 Å². The highest BCUT2D eigenvalue weighted by molar-refractivity contribution is 5.37. The quantitative estimate of drug-likeness (QED) is 0.905. The molecule has 1 aromatic carbocycles. The van der Waals surface area contributed by atoms with Crippen molar-refractivity contribution in [2.24, 2.45) is 5.73 Å². The second-order valence-corrected chi connectivity index (χ2v) is 5.25. The second kappa shape index (κ2) is 6.40. The van der Waals surface area contributed by atoms with E-state index in [0.717, 1.165) is 24.9 Å². The summed E-state index contributed by atoms with van der Waals surface area (Å²) in [6.45, 7) is 5.00. The van der Waals surface area contributed by atoms with Gasteiger partial charge in [0.25, 0.3) is 0 Å². The highest BCUT2D eigenvalue weighted by Crippen LogP contribution is 2.15. The molecule has 0 aliphatic rings. The van der Waals surface area contributed by atoms with Crippen molar-refractivity contribution in [1.29, 1.82) is 5.26 Å². The molecule has 0 aliphatic heterocycles. The average molecular weight is 267 g/mol. The van der Waals surface area contributed by atoms with E-state index in [1.54, 1.807) is 0 Å². The Morgan fingerprint density at radius 2 is 2.15 bits per heavy atom. The molecule has 0 saturated heterocycles. The van der Waals surface area contributed by atoms with Crippen molar-refractivity contribution in [1.82, 2.24) is 4.57 Å². The highest BCUT2D eigenvalue weighted by atomic mass is 15.0. The van der Waals surface area contributed by atoms with E-state index in [-0.39, 0.29) is 6.04 Å². The Hall–Kier alpha value is -2.05. The summed E-state index contributed by atoms with van der Waals surface area (Å²) in [4.78, 5) is 0. The molecule has 3 nitrogen and oxygen atoms in total. The molecular weight excluding hydrogens is 246 g/mol. The fraction of sp³-hybridized carbons (Fsp3) is 0.353. The van der Waals surface area contributed by atoms with E-state index in [9.17, 15) is 0 Å². The maximum atomic E-state index is 8.91. The number of nitrogens with zero attached hydrogens (tertiary/aromatic N) is 2. The Morgan fingerprint density at radius 3 is 2.80 bits per heavy atom. The van der Waals surface area contributed by atoms with Gasteiger partial charge >= 0.3 is 0 Å². The van der Waals surface area contributed by atoms with Crippen LogP contribution < -0.4 is 5.73 Å². The Balaban J connectivity index is 2.19. The first-order chi connectivity index (χ1) is 9.63. The third-order valence-electron chi connectivity index (χ3n) is 3.73. The molecule has 1 aromatic heterocycles. The number of hydrogen-bond acceptors (Lipinski definition) is 2. The molecule has 0 aliphatic carbocycles. The van der Waals surface area contributed by atoms with E-state index >= 15 is 0 Å². The second-order valence-electron chi connectivity index (χ2n) is 5.25. The first-order valence-electron chi connectivity index (χ1n) is 7.03. The molecule has 104 valence electrons. The molecule has 2 aromatic rings. The van der Waals surface area contributed by atoms with Crippen LogP contribution in [0.25, 0.3) is 0 Å². The van der Waals surface area contributed by atoms with Crippen molar-refractivity contribution >= 4 is 0 Å². The normalized spacial score (nSPS) is 12.1. The molecule has 1 atom stereocenters. The maximum Gasteiger partial charge on any atom is 0.0991 e. The Morgan fingerprint density at radius 1 is 1.35 bits per heavy atom. The van der Waals surface area contributed by atoms with Crippen molar-refractivity contribution in [3.63, 3.8) is 0 Å². The molecule has 2 N–H and O–H groups in total. The van der Waals surface area contributed by atoms with Gasteiger partial charge in [0, 0.05) is 30.9 Å². The van der Waals surface area contributed by atoms with E-state index in [1.165, 1.54) is 11.3 Å². The minimum absolute atomic E-state index is 0.214. The van der Waals surface area contributed by atoms with Crippen LogP contribution in [0, 0.1) is 18.3 Å². The summed E-state index contributed by atoms with van der Waals surface area (Å²) in [6.07, 6.45) is 3.98. The zero-order chi connectivity index (χ0) is 14.5. The highest BCUT2D eigenvalue weighted by Gasteiger charge is 2.08. The lowest BCUT2D eigenvalue weighted by Crippen LogP contribution is -2.23. The largest absolute Gasteiger partial charge is 0.347 e. The van der Waals surface area contributed by atoms with Gasteiger partial charge in [-0.3, -0.25) is 0 Å². The molecular formula is C17H21N3. The lowest BCUT2D eigenvalue weighted by molar-refractivity contribution is 0.609. The smallest absolute Gasteiger partial charge is 0.0991 e. The van der Waals surface area contributed by atoms with Crippen molar-refractivity contribution in [3.05, 3.63) is 58.9 Å². The molecule has 0 spiro atoms. The van der Waals surface area contributed by atoms with Crippen LogP contribution in [0.2, 0.25) is 0 Å². The number of aromatic nitrogens is 1. The summed E-state index contributed by atoms with van der Waals surface area (Å²) in [7, 11) is 0. The fourth-order valence-corrected chi connectivity index (χ4v) is 2.33. The van der Waals surface area contributed by atoms with E-state index in [4.69, 9.17) is 11.0 Å². The number of benzene rings is 1. The summed E-state index contributed by atoms with van der Waals surface area (Å²) in [6, 6.07) is 12.4. The third-order valence-corrected chi connectivity index (χ3v) is 3.73. The minimum Gasteiger partial charge on any atom is -0.347 e. The lowest BCUT2D eigenvalue weighted by atomic mass is 10.1. The van der Waals surface area contributed by atoms with E-state index < -0.39 is 0 Å². The molecule has 20 heavy (non-hydrogen) atoms. The molecule has 0 fully saturated rings. The standard InChI is InChI=1S/C17H21N3/c1-3-16(19)10-17-5-4-8-20(17)12-15-7-6-14(11-18)9-13(15)2/h4-9,16H,3,10,12,19H2,1-2H3. The third kappa shape index (κ3) is 3.28. The van der Waals surface area contributed by atoms with Crippen LogP contribution in [0.4, 0.5) is 0 Å². The number of hydrogen-bond donors (Lipinski definition) is 1. The Kier molecular flexibility index (Phi) is 4.60. The predicted octanol–water partition coefficient (Wildman–Crippen LogP) is 3.00. The number of nitrogens with two attached hydrogens (primary N) is 1. The van der Waals surface area contributed by atoms with Crippen LogP contribution in [0.3, 0.4) is 0 Å². The molecule has 2 rings (SSSR count). The summed E-state index contributed by atoms with van der Waals surface area (Å²) >= 11 is 0. The van der Waals surface area contributed by atoms with Gasteiger partial charge in [-0.2, -0.15) is 5.26 Å². The lowest BCUT2D eigenvalue weighted by Gasteiger charge is -2.14. The fourth-order valence-electron chi connectivity index (χ4n) is 2.33. The Bertz CT molecular complexity index is 619. The van der Waals surface area contributed by atoms with Crippen LogP contribution in [0.1, 0.15) is 35.7 Å². The van der Waals surface area contributed by atoms with Gasteiger partial charge in [-0.15, -0.1) is 0 Å². The van der Waals surface area contributed by atoms with Crippen LogP contribution in [0.5, 0.6) is 0 Å². The first-order valence-corrected chi connectivity index (χ1v) is 7.03.